The molecule has 1 heterocycles. The van der Waals surface area contributed by atoms with E-state index in [1.165, 1.54) is 0 Å². The molecule has 0 aromatic rings. The zero-order chi connectivity index (χ0) is 11.8. The zero-order valence-corrected chi connectivity index (χ0v) is 10.8. The number of piperidine rings is 1. The fraction of sp³-hybridized carbons (Fsp3) is 0.909. The number of hydrogen-bond donors (Lipinski definition) is 2. The highest BCUT2D eigenvalue weighted by atomic mass is 32.2. The van der Waals surface area contributed by atoms with Gasteiger partial charge in [0.2, 0.25) is 5.91 Å². The normalized spacial score (nSPS) is 18.6. The molecule has 1 rings (SSSR count). The highest BCUT2D eigenvalue weighted by Crippen LogP contribution is 2.15. The molecule has 0 aromatic heterocycles. The first-order chi connectivity index (χ1) is 7.76. The maximum atomic E-state index is 11.3. The zero-order valence-electron chi connectivity index (χ0n) is 9.95. The number of nitrogens with one attached hydrogen (secondary N) is 1. The quantitative estimate of drug-likeness (QED) is 0.701. The van der Waals surface area contributed by atoms with E-state index in [0.717, 1.165) is 39.0 Å². The summed E-state index contributed by atoms with van der Waals surface area (Å²) in [5, 5.41) is 11.8. The monoisotopic (exact) mass is 246 g/mol. The number of thioether (sulfide) groups is 1. The number of amides is 1. The summed E-state index contributed by atoms with van der Waals surface area (Å²) >= 11 is 1.56. The Morgan fingerprint density at radius 2 is 2.19 bits per heavy atom. The van der Waals surface area contributed by atoms with E-state index < -0.39 is 0 Å². The van der Waals surface area contributed by atoms with E-state index in [1.807, 2.05) is 6.26 Å². The van der Waals surface area contributed by atoms with Crippen molar-refractivity contribution in [3.05, 3.63) is 0 Å². The summed E-state index contributed by atoms with van der Waals surface area (Å²) in [6.07, 6.45) is 4.19. The van der Waals surface area contributed by atoms with Crippen LogP contribution in [0.15, 0.2) is 0 Å². The molecule has 0 aliphatic carbocycles. The molecule has 0 bridgehead atoms. The van der Waals surface area contributed by atoms with Gasteiger partial charge in [0, 0.05) is 13.1 Å². The standard InChI is InChI=1S/C11H22N2O2S/c1-16-9-11(15)12-8-10-2-4-13(5-3-10)6-7-14/h10,14H,2-9H2,1H3,(H,12,15). The van der Waals surface area contributed by atoms with Crippen LogP contribution in [0.4, 0.5) is 0 Å². The minimum absolute atomic E-state index is 0.144. The minimum atomic E-state index is 0.144. The summed E-state index contributed by atoms with van der Waals surface area (Å²) in [6, 6.07) is 0. The van der Waals surface area contributed by atoms with E-state index in [-0.39, 0.29) is 12.5 Å². The molecule has 4 nitrogen and oxygen atoms in total. The number of aliphatic hydroxyl groups is 1. The summed E-state index contributed by atoms with van der Waals surface area (Å²) in [6.45, 7) is 3.93. The second-order valence-electron chi connectivity index (χ2n) is 4.25. The molecule has 5 heteroatoms. The van der Waals surface area contributed by atoms with Gasteiger partial charge in [0.25, 0.3) is 0 Å². The lowest BCUT2D eigenvalue weighted by atomic mass is 9.97. The molecule has 16 heavy (non-hydrogen) atoms. The van der Waals surface area contributed by atoms with Gasteiger partial charge in [0.1, 0.15) is 0 Å². The Balaban J connectivity index is 2.10. The average molecular weight is 246 g/mol. The van der Waals surface area contributed by atoms with Crippen LogP contribution in [-0.4, -0.2) is 60.7 Å². The topological polar surface area (TPSA) is 52.6 Å². The molecule has 1 saturated heterocycles. The van der Waals surface area contributed by atoms with Crippen LogP contribution in [0.3, 0.4) is 0 Å². The first-order valence-corrected chi connectivity index (χ1v) is 7.24. The van der Waals surface area contributed by atoms with Crippen molar-refractivity contribution in [1.82, 2.24) is 10.2 Å². The van der Waals surface area contributed by atoms with Crippen LogP contribution in [-0.2, 0) is 4.79 Å². The number of rotatable bonds is 6. The Bertz CT molecular complexity index is 206. The third-order valence-electron chi connectivity index (χ3n) is 2.99. The molecular formula is C11H22N2O2S. The van der Waals surface area contributed by atoms with Crippen LogP contribution < -0.4 is 5.32 Å². The maximum absolute atomic E-state index is 11.3. The lowest BCUT2D eigenvalue weighted by Gasteiger charge is -2.31. The Morgan fingerprint density at radius 1 is 1.50 bits per heavy atom. The van der Waals surface area contributed by atoms with Crippen molar-refractivity contribution in [2.75, 3.05) is 44.8 Å². The molecule has 2 N–H and O–H groups in total. The predicted octanol–water partition coefficient (Wildman–Crippen LogP) is 0.170. The van der Waals surface area contributed by atoms with Crippen LogP contribution in [0.2, 0.25) is 0 Å². The number of carbonyl (C=O) groups excluding carboxylic acids is 1. The molecule has 1 amide bonds. The van der Waals surface area contributed by atoms with Crippen LogP contribution in [0.5, 0.6) is 0 Å². The molecule has 1 fully saturated rings. The van der Waals surface area contributed by atoms with Gasteiger partial charge >= 0.3 is 0 Å². The largest absolute Gasteiger partial charge is 0.395 e. The van der Waals surface area contributed by atoms with Gasteiger partial charge in [-0.25, -0.2) is 0 Å². The molecule has 1 aliphatic heterocycles. The van der Waals surface area contributed by atoms with Gasteiger partial charge in [-0.15, -0.1) is 0 Å². The van der Waals surface area contributed by atoms with Gasteiger partial charge < -0.3 is 15.3 Å². The number of β-amino-alcohol motifs (C(OH)–C–C–N with tert-alkyl or cyclic N) is 1. The van der Waals surface area contributed by atoms with E-state index in [0.29, 0.717) is 11.7 Å². The lowest BCUT2D eigenvalue weighted by molar-refractivity contribution is -0.118. The van der Waals surface area contributed by atoms with Crippen molar-refractivity contribution < 1.29 is 9.90 Å². The number of hydrogen-bond acceptors (Lipinski definition) is 4. The molecule has 0 aromatic carbocycles. The van der Waals surface area contributed by atoms with E-state index in [1.54, 1.807) is 11.8 Å². The van der Waals surface area contributed by atoms with Gasteiger partial charge in [0.15, 0.2) is 0 Å². The van der Waals surface area contributed by atoms with Crippen molar-refractivity contribution in [3.8, 4) is 0 Å². The SMILES string of the molecule is CSCC(=O)NCC1CCN(CCO)CC1. The summed E-state index contributed by atoms with van der Waals surface area (Å²) in [5.74, 6) is 1.31. The summed E-state index contributed by atoms with van der Waals surface area (Å²) in [5.41, 5.74) is 0. The molecule has 1 aliphatic rings. The van der Waals surface area contributed by atoms with Crippen molar-refractivity contribution in [2.45, 2.75) is 12.8 Å². The van der Waals surface area contributed by atoms with Gasteiger partial charge in [-0.3, -0.25) is 4.79 Å². The summed E-state index contributed by atoms with van der Waals surface area (Å²) in [7, 11) is 0. The third kappa shape index (κ3) is 5.18. The third-order valence-corrected chi connectivity index (χ3v) is 3.54. The van der Waals surface area contributed by atoms with Crippen LogP contribution in [0.1, 0.15) is 12.8 Å². The molecule has 94 valence electrons. The van der Waals surface area contributed by atoms with Gasteiger partial charge in [-0.2, -0.15) is 11.8 Å². The molecule has 0 saturated carbocycles. The smallest absolute Gasteiger partial charge is 0.229 e. The first-order valence-electron chi connectivity index (χ1n) is 5.85. The van der Waals surface area contributed by atoms with E-state index >= 15 is 0 Å². The molecule has 0 atom stereocenters. The molecule has 0 spiro atoms. The maximum Gasteiger partial charge on any atom is 0.229 e. The summed E-state index contributed by atoms with van der Waals surface area (Å²) < 4.78 is 0. The highest BCUT2D eigenvalue weighted by molar-refractivity contribution is 7.99. The lowest BCUT2D eigenvalue weighted by Crippen LogP contribution is -2.40. The number of likely N-dealkylation sites (tertiary alicyclic amines) is 1. The van der Waals surface area contributed by atoms with Crippen molar-refractivity contribution in [1.29, 1.82) is 0 Å². The first kappa shape index (κ1) is 13.8. The van der Waals surface area contributed by atoms with Crippen LogP contribution in [0.25, 0.3) is 0 Å². The highest BCUT2D eigenvalue weighted by Gasteiger charge is 2.18. The molecule has 0 unspecified atom stereocenters. The fourth-order valence-electron chi connectivity index (χ4n) is 2.00. The van der Waals surface area contributed by atoms with Crippen molar-refractivity contribution in [3.63, 3.8) is 0 Å². The minimum Gasteiger partial charge on any atom is -0.395 e. The van der Waals surface area contributed by atoms with E-state index in [9.17, 15) is 4.79 Å². The number of aliphatic hydroxyl groups excluding tert-OH is 1. The van der Waals surface area contributed by atoms with E-state index in [4.69, 9.17) is 5.11 Å². The Kier molecular flexibility index (Phi) is 6.84. The fourth-order valence-corrected chi connectivity index (χ4v) is 2.36. The van der Waals surface area contributed by atoms with Crippen molar-refractivity contribution >= 4 is 17.7 Å². The second kappa shape index (κ2) is 7.92. The predicted molar refractivity (Wildman–Crippen MR) is 67.6 cm³/mol. The molecular weight excluding hydrogens is 224 g/mol. The van der Waals surface area contributed by atoms with Gasteiger partial charge in [0.05, 0.1) is 12.4 Å². The Labute approximate surface area is 102 Å². The molecule has 0 radical (unpaired) electrons. The average Bonchev–Trinajstić information content (AvgIpc) is 2.29. The van der Waals surface area contributed by atoms with Gasteiger partial charge in [-0.05, 0) is 38.1 Å². The van der Waals surface area contributed by atoms with Crippen LogP contribution in [0, 0.1) is 5.92 Å². The second-order valence-corrected chi connectivity index (χ2v) is 5.11. The van der Waals surface area contributed by atoms with E-state index in [2.05, 4.69) is 10.2 Å². The number of nitrogens with zero attached hydrogens (tertiary/aromatic N) is 1. The Morgan fingerprint density at radius 3 is 2.75 bits per heavy atom. The van der Waals surface area contributed by atoms with Gasteiger partial charge in [-0.1, -0.05) is 0 Å². The number of carbonyl (C=O) groups is 1. The van der Waals surface area contributed by atoms with Crippen LogP contribution >= 0.6 is 11.8 Å². The Hall–Kier alpha value is -0.260. The van der Waals surface area contributed by atoms with Crippen molar-refractivity contribution in [2.24, 2.45) is 5.92 Å². The summed E-state index contributed by atoms with van der Waals surface area (Å²) in [4.78, 5) is 13.6.